The van der Waals surface area contributed by atoms with Crippen molar-refractivity contribution in [1.29, 1.82) is 5.26 Å². The van der Waals surface area contributed by atoms with Crippen LogP contribution < -0.4 is 10.5 Å². The molecule has 0 aliphatic carbocycles. The van der Waals surface area contributed by atoms with Gasteiger partial charge in [0.15, 0.2) is 11.6 Å². The van der Waals surface area contributed by atoms with E-state index in [-0.39, 0.29) is 11.4 Å². The summed E-state index contributed by atoms with van der Waals surface area (Å²) in [4.78, 5) is 3.88. The number of nitrogens with zero attached hydrogens (tertiary/aromatic N) is 2. The molecule has 0 saturated heterocycles. The van der Waals surface area contributed by atoms with Crippen molar-refractivity contribution in [3.63, 3.8) is 0 Å². The molecule has 4 nitrogen and oxygen atoms in total. The van der Waals surface area contributed by atoms with E-state index in [2.05, 4.69) is 4.98 Å². The molecule has 0 saturated carbocycles. The summed E-state index contributed by atoms with van der Waals surface area (Å²) in [7, 11) is 0. The molecule has 1 aromatic carbocycles. The lowest BCUT2D eigenvalue weighted by molar-refractivity contribution is 0.439. The Morgan fingerprint density at radius 3 is 2.78 bits per heavy atom. The molecule has 0 fully saturated rings. The summed E-state index contributed by atoms with van der Waals surface area (Å²) in [6.07, 6.45) is 1.44. The zero-order valence-corrected chi connectivity index (χ0v) is 9.64. The molecule has 0 amide bonds. The zero-order chi connectivity index (χ0) is 13.1. The molecule has 2 aromatic rings. The second-order valence-electron chi connectivity index (χ2n) is 3.69. The van der Waals surface area contributed by atoms with Crippen LogP contribution in [0.4, 0.5) is 10.1 Å². The second-order valence-corrected chi connectivity index (χ2v) is 3.69. The van der Waals surface area contributed by atoms with Crippen LogP contribution in [0.15, 0.2) is 30.5 Å². The van der Waals surface area contributed by atoms with Crippen LogP contribution >= 0.6 is 0 Å². The molecule has 0 aliphatic rings. The van der Waals surface area contributed by atoms with Gasteiger partial charge in [0.05, 0.1) is 0 Å². The molecule has 0 bridgehead atoms. The van der Waals surface area contributed by atoms with Crippen LogP contribution in [-0.2, 0) is 0 Å². The van der Waals surface area contributed by atoms with Crippen molar-refractivity contribution >= 4 is 5.69 Å². The molecule has 1 heterocycles. The van der Waals surface area contributed by atoms with E-state index in [1.165, 1.54) is 18.3 Å². The standard InChI is InChI=1S/C13H10FN3O/c1-8-11(7-15)17-5-4-12(8)18-13-3-2-9(16)6-10(13)14/h2-6H,16H2,1H3. The second kappa shape index (κ2) is 4.72. The molecular formula is C13H10FN3O. The van der Waals surface area contributed by atoms with Crippen molar-refractivity contribution in [1.82, 2.24) is 4.98 Å². The molecule has 2 rings (SSSR count). The first-order valence-corrected chi connectivity index (χ1v) is 5.20. The van der Waals surface area contributed by atoms with Gasteiger partial charge in [-0.05, 0) is 25.1 Å². The molecular weight excluding hydrogens is 233 g/mol. The summed E-state index contributed by atoms with van der Waals surface area (Å²) < 4.78 is 19.0. The average molecular weight is 243 g/mol. The quantitative estimate of drug-likeness (QED) is 0.823. The lowest BCUT2D eigenvalue weighted by Crippen LogP contribution is -1.95. The van der Waals surface area contributed by atoms with E-state index < -0.39 is 5.82 Å². The van der Waals surface area contributed by atoms with E-state index in [0.717, 1.165) is 0 Å². The molecule has 0 aliphatic heterocycles. The number of hydrogen-bond acceptors (Lipinski definition) is 4. The van der Waals surface area contributed by atoms with Crippen LogP contribution in [0.2, 0.25) is 0 Å². The van der Waals surface area contributed by atoms with Gasteiger partial charge in [-0.25, -0.2) is 9.37 Å². The smallest absolute Gasteiger partial charge is 0.167 e. The number of ether oxygens (including phenoxy) is 1. The highest BCUT2D eigenvalue weighted by molar-refractivity contribution is 5.46. The van der Waals surface area contributed by atoms with Crippen LogP contribution in [0.1, 0.15) is 11.3 Å². The van der Waals surface area contributed by atoms with Gasteiger partial charge >= 0.3 is 0 Å². The highest BCUT2D eigenvalue weighted by Gasteiger charge is 2.10. The maximum atomic E-state index is 13.6. The van der Waals surface area contributed by atoms with Crippen LogP contribution in [-0.4, -0.2) is 4.98 Å². The average Bonchev–Trinajstić information content (AvgIpc) is 2.35. The molecule has 0 radical (unpaired) electrons. The van der Waals surface area contributed by atoms with Crippen LogP contribution in [0.25, 0.3) is 0 Å². The maximum Gasteiger partial charge on any atom is 0.167 e. The van der Waals surface area contributed by atoms with Crippen molar-refractivity contribution in [2.24, 2.45) is 0 Å². The number of anilines is 1. The fourth-order valence-electron chi connectivity index (χ4n) is 1.46. The predicted molar refractivity (Wildman–Crippen MR) is 64.6 cm³/mol. The van der Waals surface area contributed by atoms with Crippen LogP contribution in [0.5, 0.6) is 11.5 Å². The molecule has 5 heteroatoms. The van der Waals surface area contributed by atoms with Crippen molar-refractivity contribution in [3.05, 3.63) is 47.5 Å². The fraction of sp³-hybridized carbons (Fsp3) is 0.0769. The van der Waals surface area contributed by atoms with E-state index in [0.29, 0.717) is 17.0 Å². The van der Waals surface area contributed by atoms with Crippen molar-refractivity contribution in [2.45, 2.75) is 6.92 Å². The summed E-state index contributed by atoms with van der Waals surface area (Å²) in [6, 6.07) is 7.68. The third kappa shape index (κ3) is 2.23. The molecule has 18 heavy (non-hydrogen) atoms. The van der Waals surface area contributed by atoms with Gasteiger partial charge in [-0.15, -0.1) is 0 Å². The minimum atomic E-state index is -0.551. The first-order chi connectivity index (χ1) is 8.61. The minimum Gasteiger partial charge on any atom is -0.454 e. The normalized spacial score (nSPS) is 9.83. The summed E-state index contributed by atoms with van der Waals surface area (Å²) in [6.45, 7) is 1.69. The number of hydrogen-bond donors (Lipinski definition) is 1. The Morgan fingerprint density at radius 2 is 2.11 bits per heavy atom. The lowest BCUT2D eigenvalue weighted by atomic mass is 10.2. The number of pyridine rings is 1. The van der Waals surface area contributed by atoms with E-state index in [1.54, 1.807) is 19.1 Å². The molecule has 90 valence electrons. The van der Waals surface area contributed by atoms with Crippen molar-refractivity contribution in [2.75, 3.05) is 5.73 Å². The first kappa shape index (κ1) is 11.9. The number of nitrogen functional groups attached to an aromatic ring is 1. The summed E-state index contributed by atoms with van der Waals surface area (Å²) in [5.74, 6) is -0.0997. The lowest BCUT2D eigenvalue weighted by Gasteiger charge is -2.10. The van der Waals surface area contributed by atoms with E-state index >= 15 is 0 Å². The Balaban J connectivity index is 2.38. The van der Waals surface area contributed by atoms with Crippen LogP contribution in [0.3, 0.4) is 0 Å². The SMILES string of the molecule is Cc1c(Oc2ccc(N)cc2F)ccnc1C#N. The highest BCUT2D eigenvalue weighted by atomic mass is 19.1. The van der Waals surface area contributed by atoms with Gasteiger partial charge in [0.25, 0.3) is 0 Å². The van der Waals surface area contributed by atoms with Gasteiger partial charge in [-0.2, -0.15) is 5.26 Å². The van der Waals surface area contributed by atoms with Gasteiger partial charge in [0.2, 0.25) is 0 Å². The Morgan fingerprint density at radius 1 is 1.33 bits per heavy atom. The van der Waals surface area contributed by atoms with Crippen molar-refractivity contribution < 1.29 is 9.13 Å². The summed E-state index contributed by atoms with van der Waals surface area (Å²) >= 11 is 0. The molecule has 0 unspecified atom stereocenters. The highest BCUT2D eigenvalue weighted by Crippen LogP contribution is 2.28. The zero-order valence-electron chi connectivity index (χ0n) is 9.64. The number of nitriles is 1. The molecule has 0 atom stereocenters. The largest absolute Gasteiger partial charge is 0.454 e. The third-order valence-corrected chi connectivity index (χ3v) is 2.44. The van der Waals surface area contributed by atoms with Crippen molar-refractivity contribution in [3.8, 4) is 17.6 Å². The molecule has 0 spiro atoms. The maximum absolute atomic E-state index is 13.6. The fourth-order valence-corrected chi connectivity index (χ4v) is 1.46. The third-order valence-electron chi connectivity index (χ3n) is 2.44. The Bertz CT molecular complexity index is 635. The van der Waals surface area contributed by atoms with Gasteiger partial charge in [-0.3, -0.25) is 0 Å². The van der Waals surface area contributed by atoms with E-state index in [1.807, 2.05) is 6.07 Å². The summed E-state index contributed by atoms with van der Waals surface area (Å²) in [5, 5.41) is 8.84. The Labute approximate surface area is 103 Å². The summed E-state index contributed by atoms with van der Waals surface area (Å²) in [5.41, 5.74) is 6.59. The van der Waals surface area contributed by atoms with Gasteiger partial charge in [0.1, 0.15) is 17.5 Å². The van der Waals surface area contributed by atoms with E-state index in [9.17, 15) is 4.39 Å². The van der Waals surface area contributed by atoms with Gasteiger partial charge < -0.3 is 10.5 Å². The number of rotatable bonds is 2. The topological polar surface area (TPSA) is 71.9 Å². The molecule has 1 aromatic heterocycles. The van der Waals surface area contributed by atoms with Gasteiger partial charge in [-0.1, -0.05) is 0 Å². The number of aromatic nitrogens is 1. The predicted octanol–water partition coefficient (Wildman–Crippen LogP) is 2.78. The number of benzene rings is 1. The minimum absolute atomic E-state index is 0.0578. The van der Waals surface area contributed by atoms with Crippen LogP contribution in [0, 0.1) is 24.1 Å². The first-order valence-electron chi connectivity index (χ1n) is 5.20. The van der Waals surface area contributed by atoms with E-state index in [4.69, 9.17) is 15.7 Å². The van der Waals surface area contributed by atoms with Gasteiger partial charge in [0, 0.05) is 23.5 Å². The number of nitrogens with two attached hydrogens (primary N) is 1. The number of halogens is 1. The monoisotopic (exact) mass is 243 g/mol. The Hall–Kier alpha value is -2.61. The Kier molecular flexibility index (Phi) is 3.11. The molecule has 2 N–H and O–H groups in total.